The minimum Gasteiger partial charge on any atom is -0.410 e. The van der Waals surface area contributed by atoms with Crippen LogP contribution in [-0.4, -0.2) is 21.1 Å². The Hall–Kier alpha value is -1.77. The second-order valence-electron chi connectivity index (χ2n) is 4.34. The molecule has 3 aromatic rings. The highest BCUT2D eigenvalue weighted by atomic mass is 32.2. The van der Waals surface area contributed by atoms with Crippen LogP contribution in [0, 0.1) is 11.6 Å². The number of rotatable bonds is 5. The average molecular weight is 340 g/mol. The van der Waals surface area contributed by atoms with Gasteiger partial charge in [-0.2, -0.15) is 0 Å². The first-order valence-electron chi connectivity index (χ1n) is 6.26. The lowest BCUT2D eigenvalue weighted by atomic mass is 10.1. The highest BCUT2D eigenvalue weighted by molar-refractivity contribution is 7.99. The van der Waals surface area contributed by atoms with Gasteiger partial charge in [-0.25, -0.2) is 8.78 Å². The maximum atomic E-state index is 13.6. The van der Waals surface area contributed by atoms with Crippen LogP contribution in [0.1, 0.15) is 11.7 Å². The fraction of sp³-hybridized carbons (Fsp3) is 0.143. The monoisotopic (exact) mass is 340 g/mol. The molecule has 114 valence electrons. The van der Waals surface area contributed by atoms with Gasteiger partial charge in [0, 0.05) is 17.4 Å². The van der Waals surface area contributed by atoms with Crippen molar-refractivity contribution in [3.8, 4) is 10.8 Å². The number of hydrogen-bond donors (Lipinski definition) is 1. The first kappa shape index (κ1) is 15.1. The van der Waals surface area contributed by atoms with Gasteiger partial charge in [-0.3, -0.25) is 0 Å². The van der Waals surface area contributed by atoms with Gasteiger partial charge in [0.1, 0.15) is 11.6 Å². The van der Waals surface area contributed by atoms with Crippen LogP contribution < -0.4 is 0 Å². The average Bonchev–Trinajstić information content (AvgIpc) is 3.16. The number of thioether (sulfide) groups is 1. The fourth-order valence-electron chi connectivity index (χ4n) is 1.78. The van der Waals surface area contributed by atoms with Crippen LogP contribution in [0.3, 0.4) is 0 Å². The molecule has 1 aromatic carbocycles. The van der Waals surface area contributed by atoms with Gasteiger partial charge in [-0.15, -0.1) is 21.5 Å². The smallest absolute Gasteiger partial charge is 0.276 e. The number of halogens is 2. The van der Waals surface area contributed by atoms with E-state index in [0.717, 1.165) is 28.8 Å². The van der Waals surface area contributed by atoms with E-state index in [0.29, 0.717) is 5.89 Å². The van der Waals surface area contributed by atoms with E-state index in [2.05, 4.69) is 10.2 Å². The third-order valence-corrected chi connectivity index (χ3v) is 4.58. The van der Waals surface area contributed by atoms with Crippen molar-refractivity contribution in [2.75, 3.05) is 5.75 Å². The van der Waals surface area contributed by atoms with Gasteiger partial charge >= 0.3 is 0 Å². The van der Waals surface area contributed by atoms with Crippen molar-refractivity contribution in [1.82, 2.24) is 10.2 Å². The van der Waals surface area contributed by atoms with Crippen LogP contribution in [-0.2, 0) is 0 Å². The Bertz CT molecular complexity index is 762. The second-order valence-corrected chi connectivity index (χ2v) is 6.26. The number of aliphatic hydroxyl groups excluding tert-OH is 1. The van der Waals surface area contributed by atoms with Crippen molar-refractivity contribution in [1.29, 1.82) is 0 Å². The Kier molecular flexibility index (Phi) is 4.51. The molecule has 8 heteroatoms. The van der Waals surface area contributed by atoms with Crippen molar-refractivity contribution in [3.05, 3.63) is 52.9 Å². The van der Waals surface area contributed by atoms with Gasteiger partial charge in [0.15, 0.2) is 0 Å². The summed E-state index contributed by atoms with van der Waals surface area (Å²) in [6.45, 7) is 0. The predicted molar refractivity (Wildman–Crippen MR) is 79.7 cm³/mol. The number of aromatic nitrogens is 2. The van der Waals surface area contributed by atoms with Gasteiger partial charge in [0.05, 0.1) is 11.0 Å². The lowest BCUT2D eigenvalue weighted by Gasteiger charge is -2.10. The molecule has 1 atom stereocenters. The summed E-state index contributed by atoms with van der Waals surface area (Å²) in [7, 11) is 0. The molecule has 22 heavy (non-hydrogen) atoms. The quantitative estimate of drug-likeness (QED) is 0.714. The van der Waals surface area contributed by atoms with Gasteiger partial charge < -0.3 is 9.52 Å². The van der Waals surface area contributed by atoms with Crippen molar-refractivity contribution in [2.45, 2.75) is 11.3 Å². The lowest BCUT2D eigenvalue weighted by molar-refractivity contribution is 0.198. The maximum absolute atomic E-state index is 13.6. The Morgan fingerprint density at radius 2 is 2.14 bits per heavy atom. The normalized spacial score (nSPS) is 12.5. The zero-order valence-corrected chi connectivity index (χ0v) is 12.7. The molecule has 0 amide bonds. The molecule has 0 saturated heterocycles. The number of aliphatic hydroxyl groups is 1. The molecule has 0 fully saturated rings. The summed E-state index contributed by atoms with van der Waals surface area (Å²) in [6.07, 6.45) is -1.09. The first-order valence-corrected chi connectivity index (χ1v) is 8.13. The molecule has 4 nitrogen and oxygen atoms in total. The van der Waals surface area contributed by atoms with Crippen LogP contribution in [0.5, 0.6) is 0 Å². The lowest BCUT2D eigenvalue weighted by Crippen LogP contribution is -2.04. The van der Waals surface area contributed by atoms with E-state index in [-0.39, 0.29) is 16.5 Å². The molecule has 2 aromatic heterocycles. The Morgan fingerprint density at radius 3 is 2.86 bits per heavy atom. The number of nitrogens with zero attached hydrogens (tertiary/aromatic N) is 2. The van der Waals surface area contributed by atoms with Crippen molar-refractivity contribution >= 4 is 23.1 Å². The predicted octanol–water partition coefficient (Wildman–Crippen LogP) is 3.90. The first-order chi connectivity index (χ1) is 10.6. The number of thiophene rings is 1. The van der Waals surface area contributed by atoms with Crippen LogP contribution in [0.4, 0.5) is 8.78 Å². The third kappa shape index (κ3) is 3.34. The third-order valence-electron chi connectivity index (χ3n) is 2.82. The Labute approximate surface area is 132 Å². The number of benzene rings is 1. The summed E-state index contributed by atoms with van der Waals surface area (Å²) >= 11 is 2.58. The van der Waals surface area contributed by atoms with E-state index >= 15 is 0 Å². The highest BCUT2D eigenvalue weighted by Crippen LogP contribution is 2.29. The molecular formula is C14H10F2N2O2S2. The summed E-state index contributed by atoms with van der Waals surface area (Å²) in [4.78, 5) is 0.851. The van der Waals surface area contributed by atoms with Crippen molar-refractivity contribution in [2.24, 2.45) is 0 Å². The standard InChI is InChI=1S/C14H10F2N2O2S2/c15-8-3-4-9(10(16)6-8)11(19)7-22-14-18-17-13(20-14)12-2-1-5-21-12/h1-6,11,19H,7H2. The van der Waals surface area contributed by atoms with Crippen LogP contribution in [0.15, 0.2) is 45.4 Å². The second kappa shape index (κ2) is 6.55. The van der Waals surface area contributed by atoms with Crippen LogP contribution in [0.2, 0.25) is 0 Å². The van der Waals surface area contributed by atoms with E-state index in [1.54, 1.807) is 0 Å². The summed E-state index contributed by atoms with van der Waals surface area (Å²) in [5.41, 5.74) is 0.0342. The molecule has 0 aliphatic carbocycles. The molecule has 0 aliphatic rings. The summed E-state index contributed by atoms with van der Waals surface area (Å²) in [5, 5.41) is 19.9. The van der Waals surface area contributed by atoms with E-state index in [9.17, 15) is 13.9 Å². The van der Waals surface area contributed by atoms with E-state index < -0.39 is 17.7 Å². The zero-order valence-electron chi connectivity index (χ0n) is 11.1. The molecule has 0 aliphatic heterocycles. The fourth-order valence-corrected chi connectivity index (χ4v) is 3.14. The van der Waals surface area contributed by atoms with Crippen molar-refractivity contribution < 1.29 is 18.3 Å². The molecule has 0 radical (unpaired) electrons. The SMILES string of the molecule is OC(CSc1nnc(-c2cccs2)o1)c1ccc(F)cc1F. The Morgan fingerprint density at radius 1 is 1.27 bits per heavy atom. The van der Waals surface area contributed by atoms with Gasteiger partial charge in [0.25, 0.3) is 11.1 Å². The molecule has 1 N–H and O–H groups in total. The molecule has 3 rings (SSSR count). The van der Waals surface area contributed by atoms with Gasteiger partial charge in [-0.1, -0.05) is 23.9 Å². The van der Waals surface area contributed by atoms with E-state index in [1.807, 2.05) is 17.5 Å². The molecule has 1 unspecified atom stereocenters. The summed E-state index contributed by atoms with van der Waals surface area (Å²) in [5.74, 6) is -0.939. The molecule has 0 saturated carbocycles. The Balaban J connectivity index is 1.65. The van der Waals surface area contributed by atoms with Crippen molar-refractivity contribution in [3.63, 3.8) is 0 Å². The molecule has 0 bridgehead atoms. The maximum Gasteiger partial charge on any atom is 0.276 e. The minimum absolute atomic E-state index is 0.0342. The van der Waals surface area contributed by atoms with Gasteiger partial charge in [0.2, 0.25) is 0 Å². The van der Waals surface area contributed by atoms with E-state index in [1.165, 1.54) is 17.4 Å². The zero-order chi connectivity index (χ0) is 15.5. The topological polar surface area (TPSA) is 59.2 Å². The summed E-state index contributed by atoms with van der Waals surface area (Å²) in [6, 6.07) is 6.80. The van der Waals surface area contributed by atoms with Crippen LogP contribution in [0.25, 0.3) is 10.8 Å². The molecule has 0 spiro atoms. The van der Waals surface area contributed by atoms with Crippen LogP contribution >= 0.6 is 23.1 Å². The molecular weight excluding hydrogens is 330 g/mol. The van der Waals surface area contributed by atoms with E-state index in [4.69, 9.17) is 4.42 Å². The number of hydrogen-bond acceptors (Lipinski definition) is 6. The largest absolute Gasteiger partial charge is 0.410 e. The minimum atomic E-state index is -1.09. The summed E-state index contributed by atoms with van der Waals surface area (Å²) < 4.78 is 31.8. The molecule has 2 heterocycles. The highest BCUT2D eigenvalue weighted by Gasteiger charge is 2.16. The van der Waals surface area contributed by atoms with Gasteiger partial charge in [-0.05, 0) is 17.5 Å².